The number of aryl methyl sites for hydroxylation is 2. The van der Waals surface area contributed by atoms with Crippen LogP contribution in [0.2, 0.25) is 0 Å². The van der Waals surface area contributed by atoms with Crippen LogP contribution in [-0.4, -0.2) is 31.3 Å². The summed E-state index contributed by atoms with van der Waals surface area (Å²) in [6.07, 6.45) is 7.52. The fourth-order valence-corrected chi connectivity index (χ4v) is 3.08. The van der Waals surface area contributed by atoms with E-state index in [0.717, 1.165) is 36.6 Å². The molecule has 0 aliphatic carbocycles. The van der Waals surface area contributed by atoms with E-state index in [-0.39, 0.29) is 11.9 Å². The Kier molecular flexibility index (Phi) is 3.65. The number of imidazole rings is 1. The summed E-state index contributed by atoms with van der Waals surface area (Å²) in [6, 6.07) is 9.61. The predicted molar refractivity (Wildman–Crippen MR) is 90.1 cm³/mol. The van der Waals surface area contributed by atoms with Gasteiger partial charge in [0.15, 0.2) is 0 Å². The van der Waals surface area contributed by atoms with Crippen molar-refractivity contribution < 1.29 is 4.79 Å². The van der Waals surface area contributed by atoms with Crippen molar-refractivity contribution in [1.82, 2.24) is 24.6 Å². The molecule has 4 rings (SSSR count). The zero-order chi connectivity index (χ0) is 16.5. The molecule has 3 aromatic rings. The average Bonchev–Trinajstić information content (AvgIpc) is 3.23. The van der Waals surface area contributed by atoms with Crippen LogP contribution in [0.1, 0.15) is 28.3 Å². The van der Waals surface area contributed by atoms with Gasteiger partial charge in [-0.2, -0.15) is 5.10 Å². The summed E-state index contributed by atoms with van der Waals surface area (Å²) < 4.78 is 3.91. The van der Waals surface area contributed by atoms with Crippen LogP contribution in [0.4, 0.5) is 0 Å². The first-order valence-corrected chi connectivity index (χ1v) is 8.12. The molecule has 1 N–H and O–H groups in total. The van der Waals surface area contributed by atoms with E-state index in [1.807, 2.05) is 55.8 Å². The summed E-state index contributed by atoms with van der Waals surface area (Å²) >= 11 is 0. The van der Waals surface area contributed by atoms with Gasteiger partial charge in [0.1, 0.15) is 5.82 Å². The van der Waals surface area contributed by atoms with Gasteiger partial charge < -0.3 is 9.88 Å². The number of nitrogens with one attached hydrogen (secondary N) is 1. The van der Waals surface area contributed by atoms with E-state index in [9.17, 15) is 4.79 Å². The number of benzene rings is 1. The molecule has 0 saturated heterocycles. The van der Waals surface area contributed by atoms with Crippen molar-refractivity contribution in [2.45, 2.75) is 32.4 Å². The number of amides is 1. The monoisotopic (exact) mass is 321 g/mol. The maximum atomic E-state index is 12.5. The van der Waals surface area contributed by atoms with Crippen LogP contribution < -0.4 is 5.32 Å². The number of carbonyl (C=O) groups excluding carboxylic acids is 1. The lowest BCUT2D eigenvalue weighted by atomic mass is 10.1. The van der Waals surface area contributed by atoms with Crippen LogP contribution in [0.3, 0.4) is 0 Å². The summed E-state index contributed by atoms with van der Waals surface area (Å²) in [7, 11) is 0. The van der Waals surface area contributed by atoms with Crippen molar-refractivity contribution in [1.29, 1.82) is 0 Å². The number of fused-ring (bicyclic) bond motifs is 1. The van der Waals surface area contributed by atoms with Crippen molar-refractivity contribution >= 4 is 5.91 Å². The van der Waals surface area contributed by atoms with E-state index in [2.05, 4.69) is 20.0 Å². The van der Waals surface area contributed by atoms with Crippen molar-refractivity contribution in [3.8, 4) is 5.69 Å². The molecule has 1 aliphatic rings. The molecule has 1 atom stereocenters. The highest BCUT2D eigenvalue weighted by molar-refractivity contribution is 5.94. The van der Waals surface area contributed by atoms with Gasteiger partial charge in [-0.05, 0) is 43.7 Å². The molecule has 3 heterocycles. The average molecular weight is 321 g/mol. The standard InChI is InChI=1S/C18H19N5O/c1-13-8-10-23(21-13)16-5-2-14(3-6-16)18(24)20-15-4-7-17-19-9-11-22(17)12-15/h2-3,5-6,8-11,15H,4,7,12H2,1H3,(H,20,24). The first-order chi connectivity index (χ1) is 11.7. The number of carbonyl (C=O) groups is 1. The molecule has 1 aliphatic heterocycles. The van der Waals surface area contributed by atoms with E-state index in [1.54, 1.807) is 4.68 Å². The van der Waals surface area contributed by atoms with Gasteiger partial charge in [0, 0.05) is 43.2 Å². The SMILES string of the molecule is Cc1ccn(-c2ccc(C(=O)NC3CCc4nccn4C3)cc2)n1. The molecule has 0 radical (unpaired) electrons. The molecule has 1 unspecified atom stereocenters. The van der Waals surface area contributed by atoms with E-state index in [1.165, 1.54) is 0 Å². The molecule has 6 heteroatoms. The van der Waals surface area contributed by atoms with Crippen LogP contribution in [0, 0.1) is 6.92 Å². The Morgan fingerprint density at radius 3 is 2.79 bits per heavy atom. The first kappa shape index (κ1) is 14.7. The molecule has 122 valence electrons. The molecule has 0 fully saturated rings. The largest absolute Gasteiger partial charge is 0.347 e. The second kappa shape index (κ2) is 5.96. The number of aromatic nitrogens is 4. The summed E-state index contributed by atoms with van der Waals surface area (Å²) in [5, 5.41) is 7.49. The van der Waals surface area contributed by atoms with Crippen molar-refractivity contribution in [3.63, 3.8) is 0 Å². The quantitative estimate of drug-likeness (QED) is 0.803. The van der Waals surface area contributed by atoms with E-state index in [0.29, 0.717) is 5.56 Å². The van der Waals surface area contributed by atoms with Gasteiger partial charge in [0.05, 0.1) is 11.4 Å². The highest BCUT2D eigenvalue weighted by Gasteiger charge is 2.20. The molecule has 1 aromatic carbocycles. The van der Waals surface area contributed by atoms with E-state index < -0.39 is 0 Å². The summed E-state index contributed by atoms with van der Waals surface area (Å²) in [4.78, 5) is 16.8. The Bertz CT molecular complexity index is 862. The van der Waals surface area contributed by atoms with Crippen LogP contribution >= 0.6 is 0 Å². The number of nitrogens with zero attached hydrogens (tertiary/aromatic N) is 4. The Morgan fingerprint density at radius 1 is 1.21 bits per heavy atom. The lowest BCUT2D eigenvalue weighted by Crippen LogP contribution is -2.40. The Hall–Kier alpha value is -2.89. The minimum atomic E-state index is -0.0354. The van der Waals surface area contributed by atoms with Crippen LogP contribution in [0.15, 0.2) is 48.9 Å². The minimum Gasteiger partial charge on any atom is -0.347 e. The highest BCUT2D eigenvalue weighted by atomic mass is 16.1. The molecule has 0 spiro atoms. The van der Waals surface area contributed by atoms with Gasteiger partial charge in [-0.3, -0.25) is 4.79 Å². The van der Waals surface area contributed by atoms with Crippen molar-refractivity contribution in [2.75, 3.05) is 0 Å². The molecule has 2 aromatic heterocycles. The first-order valence-electron chi connectivity index (χ1n) is 8.12. The molecular weight excluding hydrogens is 302 g/mol. The zero-order valence-electron chi connectivity index (χ0n) is 13.5. The lowest BCUT2D eigenvalue weighted by Gasteiger charge is -2.24. The van der Waals surface area contributed by atoms with E-state index in [4.69, 9.17) is 0 Å². The van der Waals surface area contributed by atoms with Gasteiger partial charge in [-0.1, -0.05) is 0 Å². The third-order valence-electron chi connectivity index (χ3n) is 4.39. The van der Waals surface area contributed by atoms with E-state index >= 15 is 0 Å². The van der Waals surface area contributed by atoms with Gasteiger partial charge in [-0.15, -0.1) is 0 Å². The maximum Gasteiger partial charge on any atom is 0.251 e. The normalized spacial score (nSPS) is 16.6. The maximum absolute atomic E-state index is 12.5. The second-order valence-corrected chi connectivity index (χ2v) is 6.15. The minimum absolute atomic E-state index is 0.0354. The summed E-state index contributed by atoms with van der Waals surface area (Å²) in [5.41, 5.74) is 2.58. The highest BCUT2D eigenvalue weighted by Crippen LogP contribution is 2.14. The topological polar surface area (TPSA) is 64.7 Å². The van der Waals surface area contributed by atoms with Crippen LogP contribution in [-0.2, 0) is 13.0 Å². The van der Waals surface area contributed by atoms with Crippen LogP contribution in [0.25, 0.3) is 5.69 Å². The second-order valence-electron chi connectivity index (χ2n) is 6.15. The van der Waals surface area contributed by atoms with Gasteiger partial charge in [-0.25, -0.2) is 9.67 Å². The zero-order valence-corrected chi connectivity index (χ0v) is 13.5. The van der Waals surface area contributed by atoms with Gasteiger partial charge in [0.25, 0.3) is 5.91 Å². The Labute approximate surface area is 140 Å². The number of hydrogen-bond donors (Lipinski definition) is 1. The molecule has 24 heavy (non-hydrogen) atoms. The third-order valence-corrected chi connectivity index (χ3v) is 4.39. The number of hydrogen-bond acceptors (Lipinski definition) is 3. The molecule has 1 amide bonds. The van der Waals surface area contributed by atoms with Crippen molar-refractivity contribution in [2.24, 2.45) is 0 Å². The lowest BCUT2D eigenvalue weighted by molar-refractivity contribution is 0.0927. The smallest absolute Gasteiger partial charge is 0.251 e. The fraction of sp³-hybridized carbons (Fsp3) is 0.278. The fourth-order valence-electron chi connectivity index (χ4n) is 3.08. The summed E-state index contributed by atoms with van der Waals surface area (Å²) in [6.45, 7) is 2.74. The number of rotatable bonds is 3. The molecular formula is C18H19N5O. The third kappa shape index (κ3) is 2.82. The Balaban J connectivity index is 1.43. The molecule has 0 bridgehead atoms. The van der Waals surface area contributed by atoms with Crippen LogP contribution in [0.5, 0.6) is 0 Å². The molecule has 6 nitrogen and oxygen atoms in total. The Morgan fingerprint density at radius 2 is 2.04 bits per heavy atom. The summed E-state index contributed by atoms with van der Waals surface area (Å²) in [5.74, 6) is 1.06. The predicted octanol–water partition coefficient (Wildman–Crippen LogP) is 2.12. The molecule has 0 saturated carbocycles. The van der Waals surface area contributed by atoms with Gasteiger partial charge >= 0.3 is 0 Å². The van der Waals surface area contributed by atoms with Gasteiger partial charge in [0.2, 0.25) is 0 Å². The van der Waals surface area contributed by atoms with Crippen molar-refractivity contribution in [3.05, 3.63) is 66.0 Å².